The monoisotopic (exact) mass is 381 g/mol. The standard InChI is InChI=1S/C15H15N3O7S/c1-22-10-2-4-11(5-3-10)26(20,21)9-13(19)16-15-18-17-14(25-15)12-8-23-6-7-24-12/h2-5,8H,6-7,9H2,1H3,(H,16,18,19). The lowest BCUT2D eigenvalue weighted by atomic mass is 10.3. The summed E-state index contributed by atoms with van der Waals surface area (Å²) in [7, 11) is -2.36. The van der Waals surface area contributed by atoms with E-state index < -0.39 is 21.5 Å². The van der Waals surface area contributed by atoms with Gasteiger partial charge in [-0.25, -0.2) is 8.42 Å². The van der Waals surface area contributed by atoms with E-state index in [1.165, 1.54) is 37.6 Å². The van der Waals surface area contributed by atoms with Gasteiger partial charge in [0.2, 0.25) is 11.7 Å². The zero-order chi connectivity index (χ0) is 18.6. The SMILES string of the molecule is COc1ccc(S(=O)(=O)CC(=O)Nc2nnc(C3=COCCO3)o2)cc1. The molecule has 0 atom stereocenters. The molecule has 138 valence electrons. The summed E-state index contributed by atoms with van der Waals surface area (Å²) < 4.78 is 45.0. The maximum absolute atomic E-state index is 12.3. The molecule has 10 nitrogen and oxygen atoms in total. The minimum absolute atomic E-state index is 0.00224. The van der Waals surface area contributed by atoms with E-state index in [2.05, 4.69) is 15.5 Å². The molecule has 11 heteroatoms. The van der Waals surface area contributed by atoms with Crippen LogP contribution in [-0.2, 0) is 24.1 Å². The van der Waals surface area contributed by atoms with Crippen molar-refractivity contribution in [2.75, 3.05) is 31.4 Å². The Morgan fingerprint density at radius 2 is 2.00 bits per heavy atom. The molecular weight excluding hydrogens is 366 g/mol. The molecule has 1 aromatic heterocycles. The highest BCUT2D eigenvalue weighted by Gasteiger charge is 2.22. The Kier molecular flexibility index (Phi) is 5.07. The normalized spacial score (nSPS) is 14.0. The van der Waals surface area contributed by atoms with Gasteiger partial charge in [-0.05, 0) is 24.3 Å². The van der Waals surface area contributed by atoms with Gasteiger partial charge in [-0.3, -0.25) is 10.1 Å². The van der Waals surface area contributed by atoms with Crippen molar-refractivity contribution in [1.82, 2.24) is 10.2 Å². The van der Waals surface area contributed by atoms with Crippen LogP contribution >= 0.6 is 0 Å². The molecule has 0 fully saturated rings. The van der Waals surface area contributed by atoms with Crippen molar-refractivity contribution >= 4 is 27.5 Å². The predicted molar refractivity (Wildman–Crippen MR) is 87.9 cm³/mol. The van der Waals surface area contributed by atoms with E-state index in [4.69, 9.17) is 18.6 Å². The van der Waals surface area contributed by atoms with Crippen LogP contribution in [0.2, 0.25) is 0 Å². The van der Waals surface area contributed by atoms with Crippen molar-refractivity contribution in [3.63, 3.8) is 0 Å². The molecular formula is C15H15N3O7S. The Morgan fingerprint density at radius 1 is 1.23 bits per heavy atom. The molecule has 0 spiro atoms. The fourth-order valence-corrected chi connectivity index (χ4v) is 3.18. The first-order chi connectivity index (χ1) is 12.5. The first-order valence-electron chi connectivity index (χ1n) is 7.43. The van der Waals surface area contributed by atoms with Gasteiger partial charge in [-0.2, -0.15) is 0 Å². The molecule has 1 aliphatic rings. The van der Waals surface area contributed by atoms with E-state index in [1.807, 2.05) is 0 Å². The van der Waals surface area contributed by atoms with Crippen LogP contribution in [0.1, 0.15) is 5.89 Å². The summed E-state index contributed by atoms with van der Waals surface area (Å²) in [6.45, 7) is 0.737. The third-order valence-electron chi connectivity index (χ3n) is 3.27. The number of nitrogens with zero attached hydrogens (tertiary/aromatic N) is 2. The summed E-state index contributed by atoms with van der Waals surface area (Å²) in [6.07, 6.45) is 1.32. The number of rotatable bonds is 6. The number of carbonyl (C=O) groups excluding carboxylic acids is 1. The van der Waals surface area contributed by atoms with Gasteiger partial charge in [-0.1, -0.05) is 5.10 Å². The number of benzene rings is 1. The summed E-state index contributed by atoms with van der Waals surface area (Å²) in [5.74, 6) is -0.840. The number of aromatic nitrogens is 2. The van der Waals surface area contributed by atoms with Gasteiger partial charge < -0.3 is 18.6 Å². The van der Waals surface area contributed by atoms with Crippen LogP contribution in [0.3, 0.4) is 0 Å². The maximum Gasteiger partial charge on any atom is 0.322 e. The third kappa shape index (κ3) is 4.11. The van der Waals surface area contributed by atoms with Gasteiger partial charge >= 0.3 is 6.01 Å². The van der Waals surface area contributed by atoms with Gasteiger partial charge in [0.05, 0.1) is 12.0 Å². The van der Waals surface area contributed by atoms with Crippen LogP contribution < -0.4 is 10.1 Å². The Balaban J connectivity index is 1.64. The second-order valence-electron chi connectivity index (χ2n) is 5.10. The highest BCUT2D eigenvalue weighted by Crippen LogP contribution is 2.20. The minimum Gasteiger partial charge on any atom is -0.497 e. The van der Waals surface area contributed by atoms with Crippen molar-refractivity contribution in [2.45, 2.75) is 4.90 Å². The Morgan fingerprint density at radius 3 is 2.65 bits per heavy atom. The molecule has 3 rings (SSSR count). The van der Waals surface area contributed by atoms with Gasteiger partial charge in [-0.15, -0.1) is 5.10 Å². The topological polar surface area (TPSA) is 130 Å². The highest BCUT2D eigenvalue weighted by atomic mass is 32.2. The van der Waals surface area contributed by atoms with E-state index in [0.717, 1.165) is 0 Å². The molecule has 1 aromatic carbocycles. The predicted octanol–water partition coefficient (Wildman–Crippen LogP) is 0.836. The summed E-state index contributed by atoms with van der Waals surface area (Å²) >= 11 is 0. The number of sulfone groups is 1. The average Bonchev–Trinajstić information content (AvgIpc) is 3.10. The molecule has 1 aliphatic heterocycles. The summed E-state index contributed by atoms with van der Waals surface area (Å²) in [4.78, 5) is 12.0. The molecule has 0 aliphatic carbocycles. The Bertz CT molecular complexity index is 919. The van der Waals surface area contributed by atoms with Crippen molar-refractivity contribution < 1.29 is 31.8 Å². The van der Waals surface area contributed by atoms with Gasteiger partial charge in [0.15, 0.2) is 9.84 Å². The van der Waals surface area contributed by atoms with Gasteiger partial charge in [0.1, 0.15) is 31.0 Å². The van der Waals surface area contributed by atoms with Crippen LogP contribution in [0.25, 0.3) is 5.76 Å². The lowest BCUT2D eigenvalue weighted by molar-refractivity contribution is -0.114. The molecule has 0 saturated carbocycles. The summed E-state index contributed by atoms with van der Waals surface area (Å²) in [5.41, 5.74) is 0. The molecule has 0 unspecified atom stereocenters. The third-order valence-corrected chi connectivity index (χ3v) is 4.90. The largest absolute Gasteiger partial charge is 0.497 e. The van der Waals surface area contributed by atoms with Gasteiger partial charge in [0.25, 0.3) is 5.89 Å². The second kappa shape index (κ2) is 7.44. The second-order valence-corrected chi connectivity index (χ2v) is 7.09. The maximum atomic E-state index is 12.3. The molecule has 26 heavy (non-hydrogen) atoms. The fourth-order valence-electron chi connectivity index (χ4n) is 2.05. The molecule has 1 N–H and O–H groups in total. The molecule has 2 aromatic rings. The van der Waals surface area contributed by atoms with Crippen LogP contribution in [0.5, 0.6) is 5.75 Å². The number of hydrogen-bond acceptors (Lipinski definition) is 9. The van der Waals surface area contributed by atoms with E-state index in [0.29, 0.717) is 19.0 Å². The van der Waals surface area contributed by atoms with E-state index in [9.17, 15) is 13.2 Å². The number of hydrogen-bond donors (Lipinski definition) is 1. The molecule has 1 amide bonds. The quantitative estimate of drug-likeness (QED) is 0.773. The van der Waals surface area contributed by atoms with Gasteiger partial charge in [0, 0.05) is 0 Å². The highest BCUT2D eigenvalue weighted by molar-refractivity contribution is 7.92. The lowest BCUT2D eigenvalue weighted by Crippen LogP contribution is -2.23. The molecule has 2 heterocycles. The Labute approximate surface area is 148 Å². The average molecular weight is 381 g/mol. The lowest BCUT2D eigenvalue weighted by Gasteiger charge is -2.11. The number of nitrogens with one attached hydrogen (secondary N) is 1. The number of carbonyl (C=O) groups is 1. The van der Waals surface area contributed by atoms with Crippen LogP contribution in [0, 0.1) is 0 Å². The molecule has 0 radical (unpaired) electrons. The first kappa shape index (κ1) is 17.7. The van der Waals surface area contributed by atoms with E-state index in [1.54, 1.807) is 0 Å². The molecule has 0 saturated heterocycles. The minimum atomic E-state index is -3.83. The van der Waals surface area contributed by atoms with Crippen LogP contribution in [-0.4, -0.2) is 50.6 Å². The summed E-state index contributed by atoms with van der Waals surface area (Å²) in [6, 6.07) is 5.47. The van der Waals surface area contributed by atoms with Crippen molar-refractivity contribution in [2.24, 2.45) is 0 Å². The zero-order valence-electron chi connectivity index (χ0n) is 13.7. The summed E-state index contributed by atoms with van der Waals surface area (Å²) in [5, 5.41) is 9.56. The number of anilines is 1. The number of amides is 1. The van der Waals surface area contributed by atoms with Crippen molar-refractivity contribution in [3.05, 3.63) is 36.4 Å². The van der Waals surface area contributed by atoms with Crippen LogP contribution in [0.15, 0.2) is 39.8 Å². The molecule has 0 bridgehead atoms. The van der Waals surface area contributed by atoms with Crippen LogP contribution in [0.4, 0.5) is 6.01 Å². The van der Waals surface area contributed by atoms with Crippen molar-refractivity contribution in [1.29, 1.82) is 0 Å². The number of methoxy groups -OCH3 is 1. The van der Waals surface area contributed by atoms with Crippen molar-refractivity contribution in [3.8, 4) is 5.75 Å². The fraction of sp³-hybridized carbons (Fsp3) is 0.267. The van der Waals surface area contributed by atoms with E-state index >= 15 is 0 Å². The Hall–Kier alpha value is -3.08. The van der Waals surface area contributed by atoms with E-state index in [-0.39, 0.29) is 22.6 Å². The smallest absolute Gasteiger partial charge is 0.322 e. The first-order valence-corrected chi connectivity index (χ1v) is 9.08. The number of ether oxygens (including phenoxy) is 3. The zero-order valence-corrected chi connectivity index (χ0v) is 14.5.